The molecular weight excluding hydrogens is 357 g/mol. The third kappa shape index (κ3) is 4.95. The largest absolute Gasteiger partial charge is 0.484 e. The predicted molar refractivity (Wildman–Crippen MR) is 101 cm³/mol. The van der Waals surface area contributed by atoms with Crippen molar-refractivity contribution in [3.8, 4) is 5.75 Å². The Hall–Kier alpha value is -2.60. The van der Waals surface area contributed by atoms with E-state index in [4.69, 9.17) is 16.3 Å². The van der Waals surface area contributed by atoms with Crippen LogP contribution in [-0.4, -0.2) is 31.8 Å². The second kappa shape index (κ2) is 8.67. The highest BCUT2D eigenvalue weighted by Gasteiger charge is 2.15. The van der Waals surface area contributed by atoms with Crippen molar-refractivity contribution < 1.29 is 13.9 Å². The monoisotopic (exact) mass is 375 g/mol. The first-order chi connectivity index (χ1) is 12.6. The molecule has 1 aliphatic rings. The van der Waals surface area contributed by atoms with E-state index in [-0.39, 0.29) is 12.4 Å². The Labute approximate surface area is 156 Å². The fourth-order valence-electron chi connectivity index (χ4n) is 2.71. The van der Waals surface area contributed by atoms with Crippen molar-refractivity contribution in [2.24, 2.45) is 5.10 Å². The van der Waals surface area contributed by atoms with Crippen LogP contribution in [0.2, 0.25) is 5.02 Å². The maximum atomic E-state index is 14.2. The molecule has 5 nitrogen and oxygen atoms in total. The molecule has 0 atom stereocenters. The van der Waals surface area contributed by atoms with E-state index < -0.39 is 5.91 Å². The molecule has 1 saturated heterocycles. The van der Waals surface area contributed by atoms with Crippen molar-refractivity contribution in [1.82, 2.24) is 5.43 Å². The summed E-state index contributed by atoms with van der Waals surface area (Å²) < 4.78 is 19.5. The molecule has 1 amide bonds. The van der Waals surface area contributed by atoms with Crippen molar-refractivity contribution in [1.29, 1.82) is 0 Å². The zero-order chi connectivity index (χ0) is 18.4. The Morgan fingerprint density at radius 1 is 1.23 bits per heavy atom. The first-order valence-corrected chi connectivity index (χ1v) is 8.74. The number of ether oxygens (including phenoxy) is 1. The van der Waals surface area contributed by atoms with E-state index in [2.05, 4.69) is 10.5 Å². The summed E-state index contributed by atoms with van der Waals surface area (Å²) >= 11 is 5.78. The molecule has 3 rings (SSSR count). The fraction of sp³-hybridized carbons (Fsp3) is 0.263. The molecule has 2 aromatic carbocycles. The Morgan fingerprint density at radius 3 is 2.65 bits per heavy atom. The van der Waals surface area contributed by atoms with Crippen LogP contribution in [0.3, 0.4) is 0 Å². The maximum Gasteiger partial charge on any atom is 0.277 e. The average molecular weight is 376 g/mol. The van der Waals surface area contributed by atoms with Gasteiger partial charge in [-0.2, -0.15) is 5.10 Å². The van der Waals surface area contributed by atoms with Gasteiger partial charge in [-0.15, -0.1) is 0 Å². The summed E-state index contributed by atoms with van der Waals surface area (Å²) in [4.78, 5) is 13.7. The highest BCUT2D eigenvalue weighted by Crippen LogP contribution is 2.24. The molecule has 0 spiro atoms. The molecule has 1 heterocycles. The van der Waals surface area contributed by atoms with E-state index in [0.717, 1.165) is 25.9 Å². The lowest BCUT2D eigenvalue weighted by molar-refractivity contribution is -0.123. The van der Waals surface area contributed by atoms with Crippen molar-refractivity contribution in [3.05, 3.63) is 58.9 Å². The summed E-state index contributed by atoms with van der Waals surface area (Å²) in [6.45, 7) is 1.59. The third-order valence-corrected chi connectivity index (χ3v) is 4.26. The molecule has 0 bridgehead atoms. The second-order valence-corrected chi connectivity index (χ2v) is 6.38. The van der Waals surface area contributed by atoms with E-state index in [1.54, 1.807) is 36.4 Å². The lowest BCUT2D eigenvalue weighted by atomic mass is 10.2. The first-order valence-electron chi connectivity index (χ1n) is 8.36. The van der Waals surface area contributed by atoms with Gasteiger partial charge in [0.1, 0.15) is 11.6 Å². The topological polar surface area (TPSA) is 53.9 Å². The number of amides is 1. The molecule has 7 heteroatoms. The van der Waals surface area contributed by atoms with Gasteiger partial charge in [0.2, 0.25) is 0 Å². The summed E-state index contributed by atoms with van der Waals surface area (Å²) in [6.07, 6.45) is 3.58. The van der Waals surface area contributed by atoms with Gasteiger partial charge >= 0.3 is 0 Å². The number of benzene rings is 2. The van der Waals surface area contributed by atoms with Crippen molar-refractivity contribution in [2.45, 2.75) is 12.8 Å². The molecule has 136 valence electrons. The van der Waals surface area contributed by atoms with E-state index >= 15 is 0 Å². The van der Waals surface area contributed by atoms with E-state index in [9.17, 15) is 9.18 Å². The highest BCUT2D eigenvalue weighted by atomic mass is 35.5. The number of carbonyl (C=O) groups excluding carboxylic acids is 1. The summed E-state index contributed by atoms with van der Waals surface area (Å²) in [5, 5.41) is 4.42. The molecule has 2 aromatic rings. The number of hydrogen-bond donors (Lipinski definition) is 1. The average Bonchev–Trinajstić information content (AvgIpc) is 3.16. The van der Waals surface area contributed by atoms with Crippen LogP contribution in [0.4, 0.5) is 10.1 Å². The van der Waals surface area contributed by atoms with E-state index in [0.29, 0.717) is 22.0 Å². The van der Waals surface area contributed by atoms with Crippen LogP contribution in [0.15, 0.2) is 47.6 Å². The van der Waals surface area contributed by atoms with Crippen LogP contribution >= 0.6 is 11.6 Å². The molecule has 0 unspecified atom stereocenters. The number of nitrogens with one attached hydrogen (secondary N) is 1. The van der Waals surface area contributed by atoms with Gasteiger partial charge in [0, 0.05) is 18.1 Å². The van der Waals surface area contributed by atoms with Crippen LogP contribution in [0.25, 0.3) is 0 Å². The maximum absolute atomic E-state index is 14.2. The lowest BCUT2D eigenvalue weighted by Crippen LogP contribution is -2.24. The van der Waals surface area contributed by atoms with Crippen molar-refractivity contribution in [3.63, 3.8) is 0 Å². The van der Waals surface area contributed by atoms with Gasteiger partial charge in [0.05, 0.1) is 11.9 Å². The molecular formula is C19H19ClFN3O2. The molecule has 26 heavy (non-hydrogen) atoms. The number of halogens is 2. The number of carbonyl (C=O) groups is 1. The van der Waals surface area contributed by atoms with E-state index in [1.165, 1.54) is 12.3 Å². The number of anilines is 1. The van der Waals surface area contributed by atoms with Crippen molar-refractivity contribution in [2.75, 3.05) is 24.6 Å². The SMILES string of the molecule is O=C(COc1ccc(Cl)cc1)N/N=C\c1ccc(N2CCCC2)c(F)c1. The molecule has 0 saturated carbocycles. The smallest absolute Gasteiger partial charge is 0.277 e. The van der Waals surface area contributed by atoms with Gasteiger partial charge in [0.15, 0.2) is 6.61 Å². The predicted octanol–water partition coefficient (Wildman–Crippen LogP) is 3.61. The van der Waals surface area contributed by atoms with Crippen LogP contribution in [0, 0.1) is 5.82 Å². The van der Waals surface area contributed by atoms with Crippen LogP contribution in [0.1, 0.15) is 18.4 Å². The van der Waals surface area contributed by atoms with Gasteiger partial charge in [-0.25, -0.2) is 9.82 Å². The van der Waals surface area contributed by atoms with Gasteiger partial charge in [-0.05, 0) is 54.8 Å². The Balaban J connectivity index is 1.49. The first kappa shape index (κ1) is 18.2. The molecule has 1 N–H and O–H groups in total. The number of hydrazone groups is 1. The quantitative estimate of drug-likeness (QED) is 0.620. The Morgan fingerprint density at radius 2 is 1.96 bits per heavy atom. The van der Waals surface area contributed by atoms with Crippen molar-refractivity contribution >= 4 is 29.4 Å². The number of hydrogen-bond acceptors (Lipinski definition) is 4. The van der Waals surface area contributed by atoms with Gasteiger partial charge in [-0.1, -0.05) is 17.7 Å². The minimum absolute atomic E-state index is 0.179. The fourth-order valence-corrected chi connectivity index (χ4v) is 2.83. The molecule has 0 aromatic heterocycles. The molecule has 1 aliphatic heterocycles. The standard InChI is InChI=1S/C19H19ClFN3O2/c20-15-4-6-16(7-5-15)26-13-19(25)23-22-12-14-3-8-18(17(21)11-14)24-9-1-2-10-24/h3-8,11-12H,1-2,9-10,13H2,(H,23,25)/b22-12-. The summed E-state index contributed by atoms with van der Waals surface area (Å²) in [7, 11) is 0. The van der Waals surface area contributed by atoms with Crippen LogP contribution in [0.5, 0.6) is 5.75 Å². The minimum Gasteiger partial charge on any atom is -0.484 e. The Kier molecular flexibility index (Phi) is 6.07. The van der Waals surface area contributed by atoms with E-state index in [1.807, 2.05) is 4.90 Å². The number of nitrogens with zero attached hydrogens (tertiary/aromatic N) is 2. The zero-order valence-corrected chi connectivity index (χ0v) is 14.9. The van der Waals surface area contributed by atoms with Crippen LogP contribution in [-0.2, 0) is 4.79 Å². The summed E-state index contributed by atoms with van der Waals surface area (Å²) in [5.74, 6) is -0.160. The highest BCUT2D eigenvalue weighted by molar-refractivity contribution is 6.30. The zero-order valence-electron chi connectivity index (χ0n) is 14.1. The molecule has 0 radical (unpaired) electrons. The molecule has 1 fully saturated rings. The van der Waals surface area contributed by atoms with Crippen LogP contribution < -0.4 is 15.1 Å². The van der Waals surface area contributed by atoms with Gasteiger partial charge in [0.25, 0.3) is 5.91 Å². The second-order valence-electron chi connectivity index (χ2n) is 5.94. The Bertz CT molecular complexity index is 790. The summed E-state index contributed by atoms with van der Waals surface area (Å²) in [5.41, 5.74) is 3.53. The normalized spacial score (nSPS) is 14.0. The minimum atomic E-state index is -0.412. The summed E-state index contributed by atoms with van der Waals surface area (Å²) in [6, 6.07) is 11.6. The lowest BCUT2D eigenvalue weighted by Gasteiger charge is -2.18. The van der Waals surface area contributed by atoms with Gasteiger partial charge < -0.3 is 9.64 Å². The number of rotatable bonds is 6. The van der Waals surface area contributed by atoms with Gasteiger partial charge in [-0.3, -0.25) is 4.79 Å². The third-order valence-electron chi connectivity index (χ3n) is 4.00. The molecule has 0 aliphatic carbocycles.